The fourth-order valence-electron chi connectivity index (χ4n) is 2.09. The van der Waals surface area contributed by atoms with E-state index in [1.165, 1.54) is 7.11 Å². The van der Waals surface area contributed by atoms with Crippen molar-refractivity contribution in [1.82, 2.24) is 4.90 Å². The van der Waals surface area contributed by atoms with Gasteiger partial charge < -0.3 is 9.64 Å². The van der Waals surface area contributed by atoms with Gasteiger partial charge in [-0.1, -0.05) is 23.7 Å². The Morgan fingerprint density at radius 3 is 2.21 bits per heavy atom. The van der Waals surface area contributed by atoms with Crippen molar-refractivity contribution < 1.29 is 23.1 Å². The number of carbonyl (C=O) groups is 2. The molecule has 0 aromatic heterocycles. The molecule has 0 heterocycles. The van der Waals surface area contributed by atoms with Crippen molar-refractivity contribution in [1.29, 1.82) is 0 Å². The van der Waals surface area contributed by atoms with Crippen LogP contribution in [0, 0.1) is 11.6 Å². The predicted molar refractivity (Wildman–Crippen MR) is 84.6 cm³/mol. The highest BCUT2D eigenvalue weighted by Gasteiger charge is 2.21. The third-order valence-electron chi connectivity index (χ3n) is 3.23. The third kappa shape index (κ3) is 4.76. The minimum atomic E-state index is -0.872. The summed E-state index contributed by atoms with van der Waals surface area (Å²) in [5.74, 6) is -3.08. The van der Waals surface area contributed by atoms with Crippen molar-refractivity contribution in [3.8, 4) is 0 Å². The minimum absolute atomic E-state index is 0.0588. The van der Waals surface area contributed by atoms with E-state index in [1.54, 1.807) is 24.3 Å². The highest BCUT2D eigenvalue weighted by molar-refractivity contribution is 6.30. The maximum Gasteiger partial charge on any atom is 0.325 e. The fraction of sp³-hybridized carbons (Fsp3) is 0.176. The lowest BCUT2D eigenvalue weighted by atomic mass is 10.1. The van der Waals surface area contributed by atoms with E-state index >= 15 is 0 Å². The third-order valence-corrected chi connectivity index (χ3v) is 3.48. The molecule has 126 valence electrons. The van der Waals surface area contributed by atoms with Crippen LogP contribution in [0.1, 0.15) is 15.9 Å². The zero-order valence-electron chi connectivity index (χ0n) is 12.8. The van der Waals surface area contributed by atoms with Gasteiger partial charge in [0.2, 0.25) is 0 Å². The number of carbonyl (C=O) groups excluding carboxylic acids is 2. The number of hydrogen-bond donors (Lipinski definition) is 0. The lowest BCUT2D eigenvalue weighted by Crippen LogP contribution is -2.35. The van der Waals surface area contributed by atoms with Crippen molar-refractivity contribution >= 4 is 23.5 Å². The van der Waals surface area contributed by atoms with E-state index < -0.39 is 23.5 Å². The molecule has 0 N–H and O–H groups in total. The first-order valence-corrected chi connectivity index (χ1v) is 7.33. The van der Waals surface area contributed by atoms with E-state index in [-0.39, 0.29) is 18.7 Å². The molecule has 0 atom stereocenters. The van der Waals surface area contributed by atoms with Crippen LogP contribution < -0.4 is 0 Å². The van der Waals surface area contributed by atoms with Crippen LogP contribution in [0.4, 0.5) is 8.78 Å². The summed E-state index contributed by atoms with van der Waals surface area (Å²) in [6.45, 7) is -0.292. The van der Waals surface area contributed by atoms with Crippen LogP contribution in [-0.2, 0) is 16.1 Å². The minimum Gasteiger partial charge on any atom is -0.468 e. The van der Waals surface area contributed by atoms with Gasteiger partial charge in [0.15, 0.2) is 0 Å². The number of methoxy groups -OCH3 is 1. The first-order valence-electron chi connectivity index (χ1n) is 6.95. The number of ether oxygens (including phenoxy) is 1. The number of rotatable bonds is 5. The molecular formula is C17H14ClF2NO3. The smallest absolute Gasteiger partial charge is 0.325 e. The van der Waals surface area contributed by atoms with Crippen molar-refractivity contribution in [2.24, 2.45) is 0 Å². The van der Waals surface area contributed by atoms with Gasteiger partial charge in [-0.25, -0.2) is 8.78 Å². The van der Waals surface area contributed by atoms with Gasteiger partial charge in [0.25, 0.3) is 5.91 Å². The zero-order valence-corrected chi connectivity index (χ0v) is 13.5. The number of amides is 1. The largest absolute Gasteiger partial charge is 0.468 e. The monoisotopic (exact) mass is 353 g/mol. The van der Waals surface area contributed by atoms with Gasteiger partial charge in [0, 0.05) is 23.2 Å². The van der Waals surface area contributed by atoms with Crippen LogP contribution in [0.5, 0.6) is 0 Å². The molecule has 2 rings (SSSR count). The lowest BCUT2D eigenvalue weighted by molar-refractivity contribution is -0.141. The fourth-order valence-corrected chi connectivity index (χ4v) is 2.22. The predicted octanol–water partition coefficient (Wildman–Crippen LogP) is 3.43. The topological polar surface area (TPSA) is 46.6 Å². The van der Waals surface area contributed by atoms with E-state index in [0.717, 1.165) is 17.0 Å². The molecule has 0 aliphatic heterocycles. The lowest BCUT2D eigenvalue weighted by Gasteiger charge is -2.22. The molecule has 4 nitrogen and oxygen atoms in total. The molecule has 0 saturated carbocycles. The van der Waals surface area contributed by atoms with Crippen LogP contribution in [-0.4, -0.2) is 30.4 Å². The van der Waals surface area contributed by atoms with E-state index in [4.69, 9.17) is 11.6 Å². The average Bonchev–Trinajstić information content (AvgIpc) is 2.54. The molecule has 1 amide bonds. The Hall–Kier alpha value is -2.47. The summed E-state index contributed by atoms with van der Waals surface area (Å²) in [7, 11) is 1.19. The van der Waals surface area contributed by atoms with Gasteiger partial charge in [-0.05, 0) is 29.8 Å². The number of benzene rings is 2. The molecule has 0 aliphatic carbocycles. The summed E-state index contributed by atoms with van der Waals surface area (Å²) < 4.78 is 31.2. The molecule has 0 saturated heterocycles. The average molecular weight is 354 g/mol. The second-order valence-corrected chi connectivity index (χ2v) is 5.46. The molecular weight excluding hydrogens is 340 g/mol. The molecule has 0 unspecified atom stereocenters. The van der Waals surface area contributed by atoms with E-state index in [9.17, 15) is 18.4 Å². The first-order chi connectivity index (χ1) is 11.4. The van der Waals surface area contributed by atoms with Gasteiger partial charge in [-0.3, -0.25) is 9.59 Å². The van der Waals surface area contributed by atoms with Crippen LogP contribution in [0.3, 0.4) is 0 Å². The van der Waals surface area contributed by atoms with Crippen molar-refractivity contribution in [3.63, 3.8) is 0 Å². The van der Waals surface area contributed by atoms with E-state index in [0.29, 0.717) is 16.7 Å². The molecule has 0 aliphatic rings. The van der Waals surface area contributed by atoms with Gasteiger partial charge in [0.1, 0.15) is 18.2 Å². The second kappa shape index (κ2) is 7.88. The maximum atomic E-state index is 13.3. The normalized spacial score (nSPS) is 10.3. The van der Waals surface area contributed by atoms with Gasteiger partial charge >= 0.3 is 5.97 Å². The molecule has 2 aromatic carbocycles. The van der Waals surface area contributed by atoms with Crippen LogP contribution >= 0.6 is 11.6 Å². The van der Waals surface area contributed by atoms with Gasteiger partial charge in [0.05, 0.1) is 7.11 Å². The first kappa shape index (κ1) is 17.9. The molecule has 24 heavy (non-hydrogen) atoms. The second-order valence-electron chi connectivity index (χ2n) is 5.02. The Kier molecular flexibility index (Phi) is 5.87. The Morgan fingerprint density at radius 2 is 1.67 bits per heavy atom. The number of hydrogen-bond acceptors (Lipinski definition) is 3. The summed E-state index contributed by atoms with van der Waals surface area (Å²) in [5.41, 5.74) is 0.513. The molecule has 0 radical (unpaired) electrons. The van der Waals surface area contributed by atoms with Crippen LogP contribution in [0.15, 0.2) is 42.5 Å². The summed E-state index contributed by atoms with van der Waals surface area (Å²) in [4.78, 5) is 25.2. The highest BCUT2D eigenvalue weighted by Crippen LogP contribution is 2.15. The van der Waals surface area contributed by atoms with Crippen molar-refractivity contribution in [3.05, 3.63) is 70.2 Å². The Labute approximate surface area is 142 Å². The quantitative estimate of drug-likeness (QED) is 0.774. The number of nitrogens with zero attached hydrogens (tertiary/aromatic N) is 1. The van der Waals surface area contributed by atoms with Crippen molar-refractivity contribution in [2.75, 3.05) is 13.7 Å². The molecule has 2 aromatic rings. The molecule has 0 spiro atoms. The van der Waals surface area contributed by atoms with Gasteiger partial charge in [-0.2, -0.15) is 0 Å². The standard InChI is InChI=1S/C17H14ClF2NO3/c1-24-16(22)10-21(9-11-2-4-13(18)5-3-11)17(23)12-6-14(19)8-15(20)7-12/h2-8H,9-10H2,1H3. The zero-order chi connectivity index (χ0) is 17.7. The SMILES string of the molecule is COC(=O)CN(Cc1ccc(Cl)cc1)C(=O)c1cc(F)cc(F)c1. The van der Waals surface area contributed by atoms with E-state index in [1.807, 2.05) is 0 Å². The Bertz CT molecular complexity index is 730. The van der Waals surface area contributed by atoms with Crippen LogP contribution in [0.2, 0.25) is 5.02 Å². The number of halogens is 3. The van der Waals surface area contributed by atoms with E-state index in [2.05, 4.69) is 4.74 Å². The number of esters is 1. The maximum absolute atomic E-state index is 13.3. The summed E-state index contributed by atoms with van der Waals surface area (Å²) >= 11 is 5.81. The van der Waals surface area contributed by atoms with Crippen LogP contribution in [0.25, 0.3) is 0 Å². The van der Waals surface area contributed by atoms with Crippen molar-refractivity contribution in [2.45, 2.75) is 6.54 Å². The summed E-state index contributed by atoms with van der Waals surface area (Å²) in [6.07, 6.45) is 0. The molecule has 0 bridgehead atoms. The highest BCUT2D eigenvalue weighted by atomic mass is 35.5. The summed E-state index contributed by atoms with van der Waals surface area (Å²) in [5, 5.41) is 0.525. The Morgan fingerprint density at radius 1 is 1.08 bits per heavy atom. The Balaban J connectivity index is 2.28. The molecule has 0 fully saturated rings. The summed E-state index contributed by atoms with van der Waals surface area (Å²) in [6, 6.07) is 9.15. The van der Waals surface area contributed by atoms with Gasteiger partial charge in [-0.15, -0.1) is 0 Å². The molecule has 7 heteroatoms.